The lowest BCUT2D eigenvalue weighted by Crippen LogP contribution is -2.34. The quantitative estimate of drug-likeness (QED) is 0.818. The highest BCUT2D eigenvalue weighted by Gasteiger charge is 2.38. The molecule has 3 rings (SSSR count). The Kier molecular flexibility index (Phi) is 4.39. The van der Waals surface area contributed by atoms with Gasteiger partial charge in [0.05, 0.1) is 33.8 Å². The number of carboxylic acids is 1. The first-order valence-electron chi connectivity index (χ1n) is 7.71. The average Bonchev–Trinajstić information content (AvgIpc) is 2.97. The molecule has 0 aliphatic carbocycles. The van der Waals surface area contributed by atoms with Crippen LogP contribution in [-0.2, 0) is 17.8 Å². The fourth-order valence-electron chi connectivity index (χ4n) is 3.33. The van der Waals surface area contributed by atoms with Crippen LogP contribution in [0, 0.1) is 5.92 Å². The van der Waals surface area contributed by atoms with Gasteiger partial charge in [-0.3, -0.25) is 4.79 Å². The molecule has 2 heterocycles. The van der Waals surface area contributed by atoms with Crippen molar-refractivity contribution in [2.24, 2.45) is 5.92 Å². The first-order valence-corrected chi connectivity index (χ1v) is 7.71. The van der Waals surface area contributed by atoms with E-state index in [1.165, 1.54) is 21.3 Å². The number of nitrogens with zero attached hydrogens (tertiary/aromatic N) is 3. The number of rotatable bonds is 5. The van der Waals surface area contributed by atoms with E-state index in [0.717, 1.165) is 0 Å². The molecule has 9 nitrogen and oxygen atoms in total. The highest BCUT2D eigenvalue weighted by Crippen LogP contribution is 2.46. The van der Waals surface area contributed by atoms with Crippen LogP contribution in [0.25, 0.3) is 0 Å². The second-order valence-electron chi connectivity index (χ2n) is 5.75. The van der Waals surface area contributed by atoms with Gasteiger partial charge >= 0.3 is 5.97 Å². The molecule has 0 fully saturated rings. The van der Waals surface area contributed by atoms with Gasteiger partial charge < -0.3 is 25.1 Å². The maximum Gasteiger partial charge on any atom is 0.307 e. The summed E-state index contributed by atoms with van der Waals surface area (Å²) < 4.78 is 17.9. The zero-order chi connectivity index (χ0) is 18.1. The minimum atomic E-state index is -0.908. The van der Waals surface area contributed by atoms with Crippen molar-refractivity contribution in [3.8, 4) is 17.2 Å². The number of fused-ring (bicyclic) bond motifs is 1. The molecule has 1 aliphatic heterocycles. The van der Waals surface area contributed by atoms with Crippen LogP contribution < -0.4 is 19.9 Å². The molecule has 0 bridgehead atoms. The minimum Gasteiger partial charge on any atom is -0.493 e. The molecule has 1 aliphatic rings. The molecule has 2 unspecified atom stereocenters. The number of carboxylic acid groups (broad SMARTS) is 1. The molecule has 0 saturated carbocycles. The number of anilines is 1. The van der Waals surface area contributed by atoms with Crippen LogP contribution in [-0.4, -0.2) is 47.2 Å². The summed E-state index contributed by atoms with van der Waals surface area (Å²) >= 11 is 0. The molecule has 9 heteroatoms. The highest BCUT2D eigenvalue weighted by atomic mass is 16.5. The van der Waals surface area contributed by atoms with Crippen LogP contribution in [0.15, 0.2) is 12.1 Å². The van der Waals surface area contributed by atoms with E-state index in [-0.39, 0.29) is 18.3 Å². The fourth-order valence-corrected chi connectivity index (χ4v) is 3.33. The first kappa shape index (κ1) is 16.9. The SMILES string of the molecule is COc1ccc(C2Cn3nc(N)nc3CC2C(=O)O)c(OC)c1OC. The molecule has 2 atom stereocenters. The molecule has 134 valence electrons. The number of hydrogen-bond acceptors (Lipinski definition) is 7. The molecule has 3 N–H and O–H groups in total. The van der Waals surface area contributed by atoms with Gasteiger partial charge in [0.2, 0.25) is 11.7 Å². The molecule has 2 aromatic rings. The van der Waals surface area contributed by atoms with Crippen molar-refractivity contribution < 1.29 is 24.1 Å². The molecular formula is C16H20N4O5. The normalized spacial score (nSPS) is 19.2. The summed E-state index contributed by atoms with van der Waals surface area (Å²) in [4.78, 5) is 16.0. The molecule has 0 radical (unpaired) electrons. The molecule has 0 amide bonds. The Bertz CT molecular complexity index is 804. The lowest BCUT2D eigenvalue weighted by atomic mass is 9.81. The summed E-state index contributed by atoms with van der Waals surface area (Å²) in [5.41, 5.74) is 6.37. The molecular weight excluding hydrogens is 328 g/mol. The summed E-state index contributed by atoms with van der Waals surface area (Å²) in [6.45, 7) is 0.336. The van der Waals surface area contributed by atoms with Crippen LogP contribution in [0.4, 0.5) is 5.95 Å². The van der Waals surface area contributed by atoms with E-state index in [1.54, 1.807) is 16.8 Å². The van der Waals surface area contributed by atoms with Crippen LogP contribution in [0.5, 0.6) is 17.2 Å². The molecule has 1 aromatic carbocycles. The van der Waals surface area contributed by atoms with Crippen molar-refractivity contribution >= 4 is 11.9 Å². The number of ether oxygens (including phenoxy) is 3. The van der Waals surface area contributed by atoms with E-state index in [1.807, 2.05) is 0 Å². The van der Waals surface area contributed by atoms with Gasteiger partial charge in [0, 0.05) is 17.9 Å². The van der Waals surface area contributed by atoms with Gasteiger partial charge in [-0.05, 0) is 6.07 Å². The van der Waals surface area contributed by atoms with E-state index >= 15 is 0 Å². The lowest BCUT2D eigenvalue weighted by molar-refractivity contribution is -0.143. The zero-order valence-electron chi connectivity index (χ0n) is 14.2. The number of nitrogen functional groups attached to an aromatic ring is 1. The summed E-state index contributed by atoms with van der Waals surface area (Å²) in [6, 6.07) is 3.53. The highest BCUT2D eigenvalue weighted by molar-refractivity contribution is 5.73. The van der Waals surface area contributed by atoms with E-state index in [2.05, 4.69) is 10.1 Å². The lowest BCUT2D eigenvalue weighted by Gasteiger charge is -2.30. The Morgan fingerprint density at radius 3 is 2.56 bits per heavy atom. The number of nitrogens with two attached hydrogens (primary N) is 1. The average molecular weight is 348 g/mol. The number of carbonyl (C=O) groups is 1. The van der Waals surface area contributed by atoms with Crippen LogP contribution in [0.1, 0.15) is 17.3 Å². The van der Waals surface area contributed by atoms with Gasteiger partial charge in [-0.15, -0.1) is 5.10 Å². The Morgan fingerprint density at radius 2 is 1.96 bits per heavy atom. The van der Waals surface area contributed by atoms with Gasteiger partial charge in [0.25, 0.3) is 0 Å². The Labute approximate surface area is 144 Å². The van der Waals surface area contributed by atoms with Crippen molar-refractivity contribution in [3.05, 3.63) is 23.5 Å². The Balaban J connectivity index is 2.11. The smallest absolute Gasteiger partial charge is 0.307 e. The molecule has 0 spiro atoms. The van der Waals surface area contributed by atoms with Crippen LogP contribution >= 0.6 is 0 Å². The topological polar surface area (TPSA) is 122 Å². The Morgan fingerprint density at radius 1 is 1.24 bits per heavy atom. The van der Waals surface area contributed by atoms with Gasteiger partial charge in [0.1, 0.15) is 5.82 Å². The van der Waals surface area contributed by atoms with Crippen molar-refractivity contribution in [1.29, 1.82) is 0 Å². The van der Waals surface area contributed by atoms with Gasteiger partial charge in [-0.25, -0.2) is 4.68 Å². The predicted octanol–water partition coefficient (Wildman–Crippen LogP) is 0.927. The second-order valence-corrected chi connectivity index (χ2v) is 5.75. The summed E-state index contributed by atoms with van der Waals surface area (Å²) in [6.07, 6.45) is 0.238. The zero-order valence-corrected chi connectivity index (χ0v) is 14.2. The Hall–Kier alpha value is -2.97. The summed E-state index contributed by atoms with van der Waals surface area (Å²) in [5.74, 6) is 0.139. The maximum atomic E-state index is 11.8. The largest absolute Gasteiger partial charge is 0.493 e. The standard InChI is InChI=1S/C16H20N4O5/c1-23-11-5-4-8(13(24-2)14(11)25-3)10-7-20-12(18-16(17)19-20)6-9(10)15(21)22/h4-5,9-10H,6-7H2,1-3H3,(H2,17,19)(H,21,22). The summed E-state index contributed by atoms with van der Waals surface area (Å²) in [7, 11) is 4.55. The first-order chi connectivity index (χ1) is 12.0. The number of aromatic nitrogens is 3. The minimum absolute atomic E-state index is 0.138. The third kappa shape index (κ3) is 2.81. The van der Waals surface area contributed by atoms with E-state index in [9.17, 15) is 9.90 Å². The molecule has 1 aromatic heterocycles. The monoisotopic (exact) mass is 348 g/mol. The summed E-state index contributed by atoms with van der Waals surface area (Å²) in [5, 5.41) is 13.9. The second kappa shape index (κ2) is 6.50. The van der Waals surface area contributed by atoms with E-state index in [0.29, 0.717) is 35.2 Å². The van der Waals surface area contributed by atoms with Gasteiger partial charge in [-0.1, -0.05) is 6.07 Å². The van der Waals surface area contributed by atoms with E-state index in [4.69, 9.17) is 19.9 Å². The number of methoxy groups -OCH3 is 3. The van der Waals surface area contributed by atoms with Gasteiger partial charge in [-0.2, -0.15) is 4.98 Å². The number of benzene rings is 1. The van der Waals surface area contributed by atoms with Crippen LogP contribution in [0.2, 0.25) is 0 Å². The predicted molar refractivity (Wildman–Crippen MR) is 88.1 cm³/mol. The van der Waals surface area contributed by atoms with Crippen molar-refractivity contribution in [2.45, 2.75) is 18.9 Å². The third-order valence-corrected chi connectivity index (χ3v) is 4.47. The van der Waals surface area contributed by atoms with Gasteiger partial charge in [0.15, 0.2) is 11.5 Å². The van der Waals surface area contributed by atoms with Crippen molar-refractivity contribution in [1.82, 2.24) is 14.8 Å². The van der Waals surface area contributed by atoms with Crippen molar-refractivity contribution in [2.75, 3.05) is 27.1 Å². The van der Waals surface area contributed by atoms with E-state index < -0.39 is 11.9 Å². The van der Waals surface area contributed by atoms with Crippen molar-refractivity contribution in [3.63, 3.8) is 0 Å². The number of hydrogen-bond donors (Lipinski definition) is 2. The van der Waals surface area contributed by atoms with Crippen LogP contribution in [0.3, 0.4) is 0 Å². The maximum absolute atomic E-state index is 11.8. The number of aliphatic carboxylic acids is 1. The fraction of sp³-hybridized carbons (Fsp3) is 0.438. The molecule has 0 saturated heterocycles. The third-order valence-electron chi connectivity index (χ3n) is 4.47. The molecule has 25 heavy (non-hydrogen) atoms.